The summed E-state index contributed by atoms with van der Waals surface area (Å²) >= 11 is 0. The van der Waals surface area contributed by atoms with Gasteiger partial charge in [0.2, 0.25) is 0 Å². The number of rotatable bonds is 9. The number of likely N-dealkylation sites (tertiary alicyclic amines) is 1. The van der Waals surface area contributed by atoms with Gasteiger partial charge in [-0.1, -0.05) is 38.5 Å². The van der Waals surface area contributed by atoms with Gasteiger partial charge in [-0.2, -0.15) is 0 Å². The third-order valence-corrected chi connectivity index (χ3v) is 5.17. The summed E-state index contributed by atoms with van der Waals surface area (Å²) in [6, 6.07) is 8.58. The molecule has 1 aromatic rings. The van der Waals surface area contributed by atoms with Gasteiger partial charge in [-0.05, 0) is 57.2 Å². The summed E-state index contributed by atoms with van der Waals surface area (Å²) in [5.74, 6) is 0.792. The molecule has 1 aliphatic heterocycles. The minimum atomic E-state index is -0.417. The molecule has 1 aliphatic rings. The maximum atomic E-state index is 12.4. The molecule has 0 saturated carbocycles. The maximum Gasteiger partial charge on any atom is 0.261 e. The fourth-order valence-corrected chi connectivity index (χ4v) is 3.59. The zero-order chi connectivity index (χ0) is 18.1. The van der Waals surface area contributed by atoms with Crippen LogP contribution < -0.4 is 10.1 Å². The van der Waals surface area contributed by atoms with Crippen LogP contribution in [0, 0.1) is 6.92 Å². The third kappa shape index (κ3) is 6.03. The second kappa shape index (κ2) is 10.4. The smallest absolute Gasteiger partial charge is 0.261 e. The number of benzene rings is 1. The van der Waals surface area contributed by atoms with Crippen molar-refractivity contribution in [2.45, 2.75) is 71.4 Å². The standard InChI is InChI=1S/C21H34N2O2/c1-4-18-12-8-9-15-23(18)16-10-14-22-21(24)19(5-2)25-20-13-7-6-11-17(20)3/h6-7,11,13,18-19H,4-5,8-10,12,14-16H2,1-3H3,(H,22,24)/t18-,19-/m1/s1. The lowest BCUT2D eigenvalue weighted by Gasteiger charge is -2.35. The van der Waals surface area contributed by atoms with E-state index in [1.54, 1.807) is 0 Å². The highest BCUT2D eigenvalue weighted by molar-refractivity contribution is 5.81. The first-order valence-electron chi connectivity index (χ1n) is 9.89. The number of aryl methyl sites for hydroxylation is 1. The number of carbonyl (C=O) groups excluding carboxylic acids is 1. The van der Waals surface area contributed by atoms with Crippen molar-refractivity contribution in [1.29, 1.82) is 0 Å². The molecular formula is C21H34N2O2. The van der Waals surface area contributed by atoms with Crippen LogP contribution in [0.15, 0.2) is 24.3 Å². The number of ether oxygens (including phenoxy) is 1. The van der Waals surface area contributed by atoms with E-state index in [0.29, 0.717) is 6.42 Å². The van der Waals surface area contributed by atoms with Gasteiger partial charge >= 0.3 is 0 Å². The van der Waals surface area contributed by atoms with Gasteiger partial charge in [-0.25, -0.2) is 0 Å². The molecular weight excluding hydrogens is 312 g/mol. The van der Waals surface area contributed by atoms with Crippen molar-refractivity contribution in [3.63, 3.8) is 0 Å². The Morgan fingerprint density at radius 3 is 2.84 bits per heavy atom. The molecule has 0 aromatic heterocycles. The van der Waals surface area contributed by atoms with Crippen LogP contribution in [0.25, 0.3) is 0 Å². The summed E-state index contributed by atoms with van der Waals surface area (Å²) < 4.78 is 5.92. The fourth-order valence-electron chi connectivity index (χ4n) is 3.59. The monoisotopic (exact) mass is 346 g/mol. The Bertz CT molecular complexity index is 532. The molecule has 1 aromatic carbocycles. The van der Waals surface area contributed by atoms with E-state index < -0.39 is 6.10 Å². The molecule has 1 saturated heterocycles. The summed E-state index contributed by atoms with van der Waals surface area (Å²) in [5, 5.41) is 3.06. The summed E-state index contributed by atoms with van der Waals surface area (Å²) in [4.78, 5) is 15.0. The van der Waals surface area contributed by atoms with Crippen LogP contribution >= 0.6 is 0 Å². The average Bonchev–Trinajstić information content (AvgIpc) is 2.64. The first-order chi connectivity index (χ1) is 12.2. The van der Waals surface area contributed by atoms with Crippen molar-refractivity contribution in [1.82, 2.24) is 10.2 Å². The number of hydrogen-bond acceptors (Lipinski definition) is 3. The predicted octanol–water partition coefficient (Wildman–Crippen LogP) is 3.92. The van der Waals surface area contributed by atoms with E-state index in [-0.39, 0.29) is 5.91 Å². The maximum absolute atomic E-state index is 12.4. The van der Waals surface area contributed by atoms with Crippen molar-refractivity contribution < 1.29 is 9.53 Å². The molecule has 1 heterocycles. The van der Waals surface area contributed by atoms with E-state index in [4.69, 9.17) is 4.74 Å². The predicted molar refractivity (Wildman–Crippen MR) is 103 cm³/mol. The normalized spacial score (nSPS) is 19.4. The highest BCUT2D eigenvalue weighted by Gasteiger charge is 2.21. The van der Waals surface area contributed by atoms with E-state index in [2.05, 4.69) is 17.1 Å². The van der Waals surface area contributed by atoms with Gasteiger partial charge in [0.15, 0.2) is 6.10 Å². The van der Waals surface area contributed by atoms with Gasteiger partial charge in [-0.15, -0.1) is 0 Å². The van der Waals surface area contributed by atoms with Gasteiger partial charge in [0.1, 0.15) is 5.75 Å². The van der Waals surface area contributed by atoms with Gasteiger partial charge in [0.05, 0.1) is 0 Å². The minimum absolute atomic E-state index is 0.00330. The lowest BCUT2D eigenvalue weighted by Crippen LogP contribution is -2.42. The van der Waals surface area contributed by atoms with Gasteiger partial charge < -0.3 is 15.0 Å². The Balaban J connectivity index is 1.73. The van der Waals surface area contributed by atoms with E-state index in [1.807, 2.05) is 38.1 Å². The number of para-hydroxylation sites is 1. The SMILES string of the molecule is CC[C@@H]1CCCCN1CCCNC(=O)[C@@H](CC)Oc1ccccc1C. The van der Waals surface area contributed by atoms with Gasteiger partial charge in [0, 0.05) is 19.1 Å². The molecule has 0 radical (unpaired) electrons. The summed E-state index contributed by atoms with van der Waals surface area (Å²) in [6.45, 7) is 9.28. The first kappa shape index (κ1) is 19.8. The van der Waals surface area contributed by atoms with Crippen molar-refractivity contribution in [2.75, 3.05) is 19.6 Å². The lowest BCUT2D eigenvalue weighted by molar-refractivity contribution is -0.128. The number of amides is 1. The Hall–Kier alpha value is -1.55. The summed E-state index contributed by atoms with van der Waals surface area (Å²) in [5.41, 5.74) is 1.06. The number of hydrogen-bond donors (Lipinski definition) is 1. The van der Waals surface area contributed by atoms with Crippen LogP contribution in [0.4, 0.5) is 0 Å². The van der Waals surface area contributed by atoms with Crippen molar-refractivity contribution in [3.8, 4) is 5.75 Å². The quantitative estimate of drug-likeness (QED) is 0.689. The second-order valence-corrected chi connectivity index (χ2v) is 7.02. The molecule has 4 nitrogen and oxygen atoms in total. The average molecular weight is 347 g/mol. The number of carbonyl (C=O) groups is 1. The molecule has 2 rings (SSSR count). The third-order valence-electron chi connectivity index (χ3n) is 5.17. The summed E-state index contributed by atoms with van der Waals surface area (Å²) in [6.07, 6.45) is 6.48. The van der Waals surface area contributed by atoms with Crippen LogP contribution in [-0.4, -0.2) is 42.6 Å². The molecule has 1 N–H and O–H groups in total. The Kier molecular flexibility index (Phi) is 8.26. The number of nitrogens with one attached hydrogen (secondary N) is 1. The molecule has 0 bridgehead atoms. The molecule has 25 heavy (non-hydrogen) atoms. The first-order valence-corrected chi connectivity index (χ1v) is 9.89. The number of nitrogens with zero attached hydrogens (tertiary/aromatic N) is 1. The molecule has 140 valence electrons. The Morgan fingerprint density at radius 1 is 1.32 bits per heavy atom. The van der Waals surface area contributed by atoms with Crippen LogP contribution in [-0.2, 0) is 4.79 Å². The number of piperidine rings is 1. The molecule has 1 amide bonds. The Labute approximate surface area is 152 Å². The van der Waals surface area contributed by atoms with Crippen LogP contribution in [0.3, 0.4) is 0 Å². The van der Waals surface area contributed by atoms with E-state index in [1.165, 1.54) is 32.2 Å². The summed E-state index contributed by atoms with van der Waals surface area (Å²) in [7, 11) is 0. The minimum Gasteiger partial charge on any atom is -0.480 e. The van der Waals surface area contributed by atoms with Crippen LogP contribution in [0.5, 0.6) is 5.75 Å². The molecule has 1 fully saturated rings. The zero-order valence-corrected chi connectivity index (χ0v) is 16.1. The van der Waals surface area contributed by atoms with E-state index in [0.717, 1.165) is 36.9 Å². The van der Waals surface area contributed by atoms with Gasteiger partial charge in [-0.3, -0.25) is 4.79 Å². The second-order valence-electron chi connectivity index (χ2n) is 7.02. The van der Waals surface area contributed by atoms with Crippen LogP contribution in [0.1, 0.15) is 57.9 Å². The van der Waals surface area contributed by atoms with Gasteiger partial charge in [0.25, 0.3) is 5.91 Å². The largest absolute Gasteiger partial charge is 0.480 e. The topological polar surface area (TPSA) is 41.6 Å². The lowest BCUT2D eigenvalue weighted by atomic mass is 10.00. The zero-order valence-electron chi connectivity index (χ0n) is 16.1. The molecule has 0 aliphatic carbocycles. The molecule has 2 atom stereocenters. The van der Waals surface area contributed by atoms with Crippen molar-refractivity contribution >= 4 is 5.91 Å². The highest BCUT2D eigenvalue weighted by Crippen LogP contribution is 2.20. The highest BCUT2D eigenvalue weighted by atomic mass is 16.5. The molecule has 0 unspecified atom stereocenters. The van der Waals surface area contributed by atoms with Crippen molar-refractivity contribution in [3.05, 3.63) is 29.8 Å². The van der Waals surface area contributed by atoms with E-state index >= 15 is 0 Å². The molecule has 4 heteroatoms. The fraction of sp³-hybridized carbons (Fsp3) is 0.667. The van der Waals surface area contributed by atoms with Crippen LogP contribution in [0.2, 0.25) is 0 Å². The molecule has 0 spiro atoms. The Morgan fingerprint density at radius 2 is 2.12 bits per heavy atom. The van der Waals surface area contributed by atoms with Crippen molar-refractivity contribution in [2.24, 2.45) is 0 Å². The van der Waals surface area contributed by atoms with E-state index in [9.17, 15) is 4.79 Å².